The number of carbonyl (C=O) groups is 2. The first-order valence-corrected chi connectivity index (χ1v) is 8.30. The highest BCUT2D eigenvalue weighted by molar-refractivity contribution is 6.35. The number of hydrogen-bond donors (Lipinski definition) is 0. The smallest absolute Gasteiger partial charge is 0.340 e. The van der Waals surface area contributed by atoms with Gasteiger partial charge >= 0.3 is 5.97 Å². The fraction of sp³-hybridized carbons (Fsp3) is 0.333. The number of hydrogen-bond acceptors (Lipinski definition) is 3. The van der Waals surface area contributed by atoms with Gasteiger partial charge in [-0.25, -0.2) is 4.79 Å². The number of ether oxygens (including phenoxy) is 1. The third-order valence-corrected chi connectivity index (χ3v) is 4.27. The van der Waals surface area contributed by atoms with E-state index in [2.05, 4.69) is 0 Å². The van der Waals surface area contributed by atoms with Crippen LogP contribution < -0.4 is 0 Å². The third kappa shape index (κ3) is 3.65. The van der Waals surface area contributed by atoms with Crippen LogP contribution in [0.2, 0.25) is 10.0 Å². The quantitative estimate of drug-likeness (QED) is 0.587. The van der Waals surface area contributed by atoms with Crippen LogP contribution in [-0.2, 0) is 14.3 Å². The zero-order valence-corrected chi connectivity index (χ0v) is 15.5. The van der Waals surface area contributed by atoms with Crippen molar-refractivity contribution in [2.24, 2.45) is 5.92 Å². The van der Waals surface area contributed by atoms with E-state index >= 15 is 0 Å². The van der Waals surface area contributed by atoms with E-state index in [9.17, 15) is 9.59 Å². The Kier molecular flexibility index (Phi) is 5.73. The molecule has 2 rings (SSSR count). The molecule has 0 saturated heterocycles. The lowest BCUT2D eigenvalue weighted by atomic mass is 10.0. The number of carbonyl (C=O) groups excluding carboxylic acids is 2. The summed E-state index contributed by atoms with van der Waals surface area (Å²) in [5.41, 5.74) is 1.76. The van der Waals surface area contributed by atoms with E-state index in [0.29, 0.717) is 27.9 Å². The predicted octanol–water partition coefficient (Wildman–Crippen LogP) is 4.32. The standard InChI is InChI=1S/C18H19Cl2NO3/c1-10(2)9-21-11(3)16(18(23)24-4)14(17(21)22)7-12-5-6-13(19)8-15(12)20/h5-8,10H,9H2,1-4H3/b14-7+. The normalized spacial score (nSPS) is 16.5. The highest BCUT2D eigenvalue weighted by Gasteiger charge is 2.37. The molecule has 1 aliphatic heterocycles. The summed E-state index contributed by atoms with van der Waals surface area (Å²) in [7, 11) is 1.30. The fourth-order valence-electron chi connectivity index (χ4n) is 2.59. The maximum absolute atomic E-state index is 12.8. The van der Waals surface area contributed by atoms with Crippen molar-refractivity contribution in [2.45, 2.75) is 20.8 Å². The first kappa shape index (κ1) is 18.6. The summed E-state index contributed by atoms with van der Waals surface area (Å²) < 4.78 is 4.85. The Morgan fingerprint density at radius 3 is 2.54 bits per heavy atom. The van der Waals surface area contributed by atoms with Crippen molar-refractivity contribution in [2.75, 3.05) is 13.7 Å². The molecule has 0 saturated carbocycles. The van der Waals surface area contributed by atoms with Crippen LogP contribution in [0.15, 0.2) is 35.0 Å². The molecule has 1 aromatic carbocycles. The molecule has 128 valence electrons. The second-order valence-electron chi connectivity index (χ2n) is 5.99. The summed E-state index contributed by atoms with van der Waals surface area (Å²) in [5.74, 6) is -0.502. The van der Waals surface area contributed by atoms with E-state index in [1.165, 1.54) is 7.11 Å². The van der Waals surface area contributed by atoms with E-state index in [-0.39, 0.29) is 23.0 Å². The van der Waals surface area contributed by atoms with Crippen LogP contribution in [0.4, 0.5) is 0 Å². The molecule has 1 heterocycles. The maximum atomic E-state index is 12.8. The molecular formula is C18H19Cl2NO3. The van der Waals surface area contributed by atoms with Gasteiger partial charge in [-0.1, -0.05) is 43.1 Å². The number of benzene rings is 1. The molecule has 0 radical (unpaired) electrons. The molecule has 0 N–H and O–H groups in total. The number of halogens is 2. The molecule has 0 fully saturated rings. The zero-order valence-electron chi connectivity index (χ0n) is 14.0. The highest BCUT2D eigenvalue weighted by Crippen LogP contribution is 2.33. The summed E-state index contributed by atoms with van der Waals surface area (Å²) in [6.07, 6.45) is 1.61. The Bertz CT molecular complexity index is 751. The minimum Gasteiger partial charge on any atom is -0.465 e. The fourth-order valence-corrected chi connectivity index (χ4v) is 3.05. The van der Waals surface area contributed by atoms with Crippen LogP contribution in [-0.4, -0.2) is 30.4 Å². The van der Waals surface area contributed by atoms with Crippen molar-refractivity contribution in [3.05, 3.63) is 50.7 Å². The van der Waals surface area contributed by atoms with Crippen molar-refractivity contribution < 1.29 is 14.3 Å². The summed E-state index contributed by atoms with van der Waals surface area (Å²) in [5, 5.41) is 0.910. The van der Waals surface area contributed by atoms with Gasteiger partial charge in [-0.15, -0.1) is 0 Å². The second kappa shape index (κ2) is 7.41. The minimum absolute atomic E-state index is 0.229. The van der Waals surface area contributed by atoms with E-state index < -0.39 is 5.97 Å². The van der Waals surface area contributed by atoms with Crippen LogP contribution >= 0.6 is 23.2 Å². The SMILES string of the molecule is COC(=O)C1=C(C)N(CC(C)C)C(=O)/C1=C/c1ccc(Cl)cc1Cl. The average molecular weight is 368 g/mol. The van der Waals surface area contributed by atoms with Gasteiger partial charge in [0.25, 0.3) is 5.91 Å². The lowest BCUT2D eigenvalue weighted by Gasteiger charge is -2.19. The van der Waals surface area contributed by atoms with Crippen molar-refractivity contribution in [3.63, 3.8) is 0 Å². The molecule has 4 nitrogen and oxygen atoms in total. The topological polar surface area (TPSA) is 46.6 Å². The van der Waals surface area contributed by atoms with Gasteiger partial charge in [0.2, 0.25) is 0 Å². The average Bonchev–Trinajstić information content (AvgIpc) is 2.73. The summed E-state index contributed by atoms with van der Waals surface area (Å²) in [6, 6.07) is 4.98. The minimum atomic E-state index is -0.538. The Labute approximate surface area is 151 Å². The summed E-state index contributed by atoms with van der Waals surface area (Å²) in [6.45, 7) is 6.29. The van der Waals surface area contributed by atoms with Crippen LogP contribution in [0.25, 0.3) is 6.08 Å². The Morgan fingerprint density at radius 2 is 2.00 bits per heavy atom. The third-order valence-electron chi connectivity index (χ3n) is 3.71. The Balaban J connectivity index is 2.55. The van der Waals surface area contributed by atoms with Crippen molar-refractivity contribution in [1.29, 1.82) is 0 Å². The largest absolute Gasteiger partial charge is 0.465 e. The number of allylic oxidation sites excluding steroid dienone is 1. The monoisotopic (exact) mass is 367 g/mol. The number of rotatable bonds is 4. The molecule has 0 aliphatic carbocycles. The first-order valence-electron chi connectivity index (χ1n) is 7.54. The number of methoxy groups -OCH3 is 1. The summed E-state index contributed by atoms with van der Waals surface area (Å²) >= 11 is 12.1. The van der Waals surface area contributed by atoms with Crippen LogP contribution in [0.3, 0.4) is 0 Å². The van der Waals surface area contributed by atoms with E-state index in [0.717, 1.165) is 0 Å². The number of nitrogens with zero attached hydrogens (tertiary/aromatic N) is 1. The predicted molar refractivity (Wildman–Crippen MR) is 95.7 cm³/mol. The maximum Gasteiger partial charge on any atom is 0.340 e. The van der Waals surface area contributed by atoms with Gasteiger partial charge in [0.05, 0.1) is 18.3 Å². The molecule has 0 unspecified atom stereocenters. The van der Waals surface area contributed by atoms with Crippen molar-refractivity contribution in [1.82, 2.24) is 4.90 Å². The molecular weight excluding hydrogens is 349 g/mol. The van der Waals surface area contributed by atoms with Gasteiger partial charge in [-0.05, 0) is 36.6 Å². The Hall–Kier alpha value is -1.78. The van der Waals surface area contributed by atoms with Gasteiger partial charge in [-0.3, -0.25) is 4.79 Å². The van der Waals surface area contributed by atoms with E-state index in [4.69, 9.17) is 27.9 Å². The number of esters is 1. The zero-order chi connectivity index (χ0) is 18.0. The molecule has 0 atom stereocenters. The molecule has 6 heteroatoms. The van der Waals surface area contributed by atoms with Gasteiger partial charge in [0.15, 0.2) is 0 Å². The summed E-state index contributed by atoms with van der Waals surface area (Å²) in [4.78, 5) is 26.6. The first-order chi connectivity index (χ1) is 11.3. The van der Waals surface area contributed by atoms with Gasteiger partial charge < -0.3 is 9.64 Å². The highest BCUT2D eigenvalue weighted by atomic mass is 35.5. The lowest BCUT2D eigenvalue weighted by molar-refractivity contribution is -0.136. The van der Waals surface area contributed by atoms with Crippen LogP contribution in [0.5, 0.6) is 0 Å². The van der Waals surface area contributed by atoms with Crippen LogP contribution in [0, 0.1) is 5.92 Å². The van der Waals surface area contributed by atoms with Crippen molar-refractivity contribution >= 4 is 41.2 Å². The van der Waals surface area contributed by atoms with Gasteiger partial charge in [-0.2, -0.15) is 0 Å². The second-order valence-corrected chi connectivity index (χ2v) is 6.83. The lowest BCUT2D eigenvalue weighted by Crippen LogP contribution is -2.28. The number of amides is 1. The van der Waals surface area contributed by atoms with E-state index in [1.54, 1.807) is 36.1 Å². The molecule has 24 heavy (non-hydrogen) atoms. The molecule has 1 amide bonds. The molecule has 1 aliphatic rings. The molecule has 0 spiro atoms. The molecule has 0 bridgehead atoms. The van der Waals surface area contributed by atoms with E-state index in [1.807, 2.05) is 13.8 Å². The van der Waals surface area contributed by atoms with Gasteiger partial charge in [0, 0.05) is 22.3 Å². The molecule has 1 aromatic rings. The van der Waals surface area contributed by atoms with Crippen molar-refractivity contribution in [3.8, 4) is 0 Å². The van der Waals surface area contributed by atoms with Gasteiger partial charge in [0.1, 0.15) is 0 Å². The molecule has 0 aromatic heterocycles. The Morgan fingerprint density at radius 1 is 1.33 bits per heavy atom. The van der Waals surface area contributed by atoms with Crippen LogP contribution in [0.1, 0.15) is 26.3 Å².